The Bertz CT molecular complexity index is 399. The van der Waals surface area contributed by atoms with Gasteiger partial charge in [0.1, 0.15) is 5.82 Å². The van der Waals surface area contributed by atoms with E-state index in [1.807, 2.05) is 0 Å². The minimum Gasteiger partial charge on any atom is -0.445 e. The number of carbonyl (C=O) groups excluding carboxylic acids is 1. The summed E-state index contributed by atoms with van der Waals surface area (Å²) in [6.45, 7) is -5.17. The van der Waals surface area contributed by atoms with Crippen molar-refractivity contribution in [3.05, 3.63) is 17.8 Å². The molecule has 1 amide bonds. The van der Waals surface area contributed by atoms with Gasteiger partial charge in [-0.1, -0.05) is 11.5 Å². The second-order valence-corrected chi connectivity index (χ2v) is 2.86. The number of aromatic nitrogens is 1. The molecule has 9 heteroatoms. The Morgan fingerprint density at radius 1 is 1.50 bits per heavy atom. The maximum atomic E-state index is 12.3. The monoisotopic (exact) mass is 257 g/mol. The number of nitrogens with two attached hydrogens (primary N) is 1. The summed E-state index contributed by atoms with van der Waals surface area (Å²) in [5.41, 5.74) is 4.07. The fourth-order valence-electron chi connectivity index (χ4n) is 0.987. The molecule has 1 aromatic rings. The van der Waals surface area contributed by atoms with Crippen LogP contribution in [0.4, 0.5) is 18.8 Å². The quantitative estimate of drug-likeness (QED) is 0.558. The van der Waals surface area contributed by atoms with E-state index >= 15 is 0 Å². The minimum absolute atomic E-state index is 0. The number of nitrogens with one attached hydrogen (secondary N) is 1. The Kier molecular flexibility index (Phi) is 5.98. The summed E-state index contributed by atoms with van der Waals surface area (Å²) in [5, 5.41) is 2.18. The van der Waals surface area contributed by atoms with E-state index in [2.05, 4.69) is 10.3 Å². The summed E-state index contributed by atoms with van der Waals surface area (Å²) < 4.78 is 37.0. The number of halogens is 3. The molecule has 16 heavy (non-hydrogen) atoms. The van der Waals surface area contributed by atoms with Crippen molar-refractivity contribution in [3.8, 4) is 0 Å². The van der Waals surface area contributed by atoms with Gasteiger partial charge in [0.2, 0.25) is 0 Å². The van der Waals surface area contributed by atoms with Gasteiger partial charge in [-0.15, -0.1) is 0 Å². The van der Waals surface area contributed by atoms with Crippen molar-refractivity contribution < 1.29 is 69.1 Å². The number of hydrogen-bond acceptors (Lipinski definition) is 3. The number of hydrogen-bond donors (Lipinski definition) is 2. The first-order valence-corrected chi connectivity index (χ1v) is 4.03. The third-order valence-electron chi connectivity index (χ3n) is 1.79. The number of carbonyl (C=O) groups is 1. The van der Waals surface area contributed by atoms with Gasteiger partial charge in [-0.25, -0.2) is 4.98 Å². The smallest absolute Gasteiger partial charge is 0.445 e. The molecule has 1 heterocycles. The number of amides is 1. The molecular formula is C7H8BF3KN3O. The van der Waals surface area contributed by atoms with E-state index in [0.29, 0.717) is 12.3 Å². The first-order valence-electron chi connectivity index (χ1n) is 4.03. The zero-order valence-electron chi connectivity index (χ0n) is 8.80. The number of rotatable bonds is 2. The van der Waals surface area contributed by atoms with Crippen LogP contribution in [0.1, 0.15) is 10.4 Å². The van der Waals surface area contributed by atoms with Crippen LogP contribution >= 0.6 is 0 Å². The van der Waals surface area contributed by atoms with Gasteiger partial charge in [-0.05, 0) is 0 Å². The van der Waals surface area contributed by atoms with Gasteiger partial charge in [0.05, 0.1) is 5.56 Å². The van der Waals surface area contributed by atoms with Crippen molar-refractivity contribution in [2.45, 2.75) is 0 Å². The molecule has 3 N–H and O–H groups in total. The van der Waals surface area contributed by atoms with Gasteiger partial charge < -0.3 is 24.0 Å². The van der Waals surface area contributed by atoms with Crippen molar-refractivity contribution in [2.24, 2.45) is 0 Å². The molecule has 0 aliphatic heterocycles. The van der Waals surface area contributed by atoms with E-state index in [1.54, 1.807) is 0 Å². The van der Waals surface area contributed by atoms with Crippen LogP contribution in [0.2, 0.25) is 0 Å². The summed E-state index contributed by atoms with van der Waals surface area (Å²) >= 11 is 0. The van der Waals surface area contributed by atoms with Crippen molar-refractivity contribution in [1.29, 1.82) is 0 Å². The number of anilines is 1. The predicted octanol–water partition coefficient (Wildman–Crippen LogP) is -2.92. The van der Waals surface area contributed by atoms with Crippen LogP contribution in [0.5, 0.6) is 0 Å². The van der Waals surface area contributed by atoms with Gasteiger partial charge in [-0.2, -0.15) is 0 Å². The zero-order chi connectivity index (χ0) is 11.6. The molecule has 0 saturated carbocycles. The third kappa shape index (κ3) is 3.74. The molecule has 0 atom stereocenters. The average Bonchev–Trinajstić information content (AvgIpc) is 2.15. The molecule has 0 radical (unpaired) electrons. The minimum atomic E-state index is -5.17. The molecule has 1 aromatic heterocycles. The molecule has 0 saturated heterocycles. The summed E-state index contributed by atoms with van der Waals surface area (Å²) in [6.07, 6.45) is 0.613. The summed E-state index contributed by atoms with van der Waals surface area (Å²) in [7, 11) is 1.30. The standard InChI is InChI=1S/C7H8BF3N3O.K/c1-13-7(15)5-2-4(8(9,10)11)3-14-6(5)12;/h2-3H,1H3,(H2,12,14)(H,13,15);/q-1;+1. The number of pyridine rings is 1. The molecule has 0 bridgehead atoms. The van der Waals surface area contributed by atoms with E-state index in [0.717, 1.165) is 0 Å². The number of nitrogen functional groups attached to an aromatic ring is 1. The molecule has 0 spiro atoms. The van der Waals surface area contributed by atoms with Crippen molar-refractivity contribution in [2.75, 3.05) is 12.8 Å². The second-order valence-electron chi connectivity index (χ2n) is 2.86. The summed E-state index contributed by atoms with van der Waals surface area (Å²) in [6, 6.07) is 0.696. The fourth-order valence-corrected chi connectivity index (χ4v) is 0.987. The van der Waals surface area contributed by atoms with Crippen LogP contribution in [0.3, 0.4) is 0 Å². The Balaban J connectivity index is 0.00000225. The van der Waals surface area contributed by atoms with Crippen LogP contribution in [0.25, 0.3) is 0 Å². The van der Waals surface area contributed by atoms with E-state index in [4.69, 9.17) is 5.73 Å². The normalized spacial score (nSPS) is 10.5. The summed E-state index contributed by atoms with van der Waals surface area (Å²) in [4.78, 5) is 14.4. The number of nitrogens with zero attached hydrogens (tertiary/aromatic N) is 1. The molecule has 4 nitrogen and oxygen atoms in total. The SMILES string of the molecule is CNC(=O)c1cc([B-](F)(F)F)cnc1N.[K+]. The van der Waals surface area contributed by atoms with Crippen LogP contribution in [-0.2, 0) is 0 Å². The Labute approximate surface area is 133 Å². The second kappa shape index (κ2) is 6.01. The maximum absolute atomic E-state index is 12.3. The summed E-state index contributed by atoms with van der Waals surface area (Å²) in [5.74, 6) is -0.917. The molecular weight excluding hydrogens is 249 g/mol. The molecule has 0 aromatic carbocycles. The van der Waals surface area contributed by atoms with Gasteiger partial charge >= 0.3 is 58.4 Å². The van der Waals surface area contributed by atoms with Gasteiger partial charge in [0.15, 0.2) is 0 Å². The van der Waals surface area contributed by atoms with Crippen LogP contribution in [0.15, 0.2) is 12.3 Å². The topological polar surface area (TPSA) is 68.0 Å². The average molecular weight is 257 g/mol. The van der Waals surface area contributed by atoms with Crippen LogP contribution < -0.4 is 67.9 Å². The van der Waals surface area contributed by atoms with Crippen molar-refractivity contribution >= 4 is 24.2 Å². The largest absolute Gasteiger partial charge is 1.00 e. The van der Waals surface area contributed by atoms with Crippen LogP contribution in [-0.4, -0.2) is 24.9 Å². The van der Waals surface area contributed by atoms with Gasteiger partial charge in [0.25, 0.3) is 5.91 Å². The van der Waals surface area contributed by atoms with E-state index in [-0.39, 0.29) is 62.8 Å². The Morgan fingerprint density at radius 2 is 2.06 bits per heavy atom. The van der Waals surface area contributed by atoms with E-state index < -0.39 is 18.3 Å². The Morgan fingerprint density at radius 3 is 2.50 bits per heavy atom. The van der Waals surface area contributed by atoms with E-state index in [1.165, 1.54) is 7.05 Å². The predicted molar refractivity (Wildman–Crippen MR) is 50.8 cm³/mol. The molecule has 0 unspecified atom stereocenters. The molecule has 0 fully saturated rings. The van der Waals surface area contributed by atoms with Crippen molar-refractivity contribution in [1.82, 2.24) is 10.3 Å². The first-order chi connectivity index (χ1) is 6.86. The molecule has 1 rings (SSSR count). The Hall–Kier alpha value is -0.0887. The maximum Gasteiger partial charge on any atom is 1.00 e. The van der Waals surface area contributed by atoms with Crippen LogP contribution in [0, 0.1) is 0 Å². The molecule has 0 aliphatic rings. The van der Waals surface area contributed by atoms with Gasteiger partial charge in [0, 0.05) is 13.2 Å². The van der Waals surface area contributed by atoms with E-state index in [9.17, 15) is 17.7 Å². The first kappa shape index (κ1) is 15.9. The third-order valence-corrected chi connectivity index (χ3v) is 1.79. The molecule has 0 aliphatic carbocycles. The fraction of sp³-hybridized carbons (Fsp3) is 0.143. The zero-order valence-corrected chi connectivity index (χ0v) is 11.9. The van der Waals surface area contributed by atoms with Gasteiger partial charge in [-0.3, -0.25) is 4.79 Å². The van der Waals surface area contributed by atoms with Crippen molar-refractivity contribution in [3.63, 3.8) is 0 Å². The molecule has 82 valence electrons.